The lowest BCUT2D eigenvalue weighted by Crippen LogP contribution is -2.45. The Morgan fingerprint density at radius 3 is 2.26 bits per heavy atom. The summed E-state index contributed by atoms with van der Waals surface area (Å²) in [5.41, 5.74) is 1.18. The van der Waals surface area contributed by atoms with Gasteiger partial charge in [-0.15, -0.1) is 0 Å². The number of carbonyl (C=O) groups is 1. The highest BCUT2D eigenvalue weighted by Crippen LogP contribution is 2.25. The predicted octanol–water partition coefficient (Wildman–Crippen LogP) is 2.85. The van der Waals surface area contributed by atoms with Gasteiger partial charge < -0.3 is 14.8 Å². The number of aryl methyl sites for hydroxylation is 1. The van der Waals surface area contributed by atoms with E-state index in [9.17, 15) is 13.2 Å². The van der Waals surface area contributed by atoms with E-state index in [2.05, 4.69) is 5.32 Å². The summed E-state index contributed by atoms with van der Waals surface area (Å²) < 4.78 is 37.6. The van der Waals surface area contributed by atoms with Crippen molar-refractivity contribution in [1.29, 1.82) is 0 Å². The van der Waals surface area contributed by atoms with Gasteiger partial charge in [0.05, 0.1) is 25.0 Å². The van der Waals surface area contributed by atoms with Crippen LogP contribution in [0.1, 0.15) is 24.8 Å². The molecule has 1 aliphatic rings. The fourth-order valence-corrected chi connectivity index (χ4v) is 5.24. The van der Waals surface area contributed by atoms with E-state index in [0.717, 1.165) is 18.6 Å². The van der Waals surface area contributed by atoms with Crippen LogP contribution in [0.15, 0.2) is 53.4 Å². The highest BCUT2D eigenvalue weighted by molar-refractivity contribution is 7.89. The summed E-state index contributed by atoms with van der Waals surface area (Å²) in [4.78, 5) is 12.8. The maximum Gasteiger partial charge on any atom is 0.243 e. The maximum atomic E-state index is 13.0. The molecule has 8 heteroatoms. The van der Waals surface area contributed by atoms with E-state index in [1.165, 1.54) is 29.1 Å². The third kappa shape index (κ3) is 5.98. The van der Waals surface area contributed by atoms with Gasteiger partial charge in [-0.2, -0.15) is 4.31 Å². The number of hydrogen-bond donors (Lipinski definition) is 1. The van der Waals surface area contributed by atoms with Crippen LogP contribution in [0, 0.1) is 5.92 Å². The SMILES string of the molecule is COc1ccc(CCCNC(=O)[C@@H]2CCCN(S(=O)(=O)c3ccc(OC)cc3)C2)cc1. The van der Waals surface area contributed by atoms with Crippen molar-refractivity contribution in [3.8, 4) is 11.5 Å². The summed E-state index contributed by atoms with van der Waals surface area (Å²) in [7, 11) is -0.459. The minimum atomic E-state index is -3.63. The molecule has 168 valence electrons. The number of amides is 1. The predicted molar refractivity (Wildman–Crippen MR) is 119 cm³/mol. The monoisotopic (exact) mass is 446 g/mol. The molecule has 0 saturated carbocycles. The van der Waals surface area contributed by atoms with Crippen LogP contribution in [0.3, 0.4) is 0 Å². The summed E-state index contributed by atoms with van der Waals surface area (Å²) in [5, 5.41) is 2.97. The van der Waals surface area contributed by atoms with Gasteiger partial charge in [-0.1, -0.05) is 12.1 Å². The molecule has 0 bridgehead atoms. The van der Waals surface area contributed by atoms with Crippen LogP contribution in [0.4, 0.5) is 0 Å². The second-order valence-electron chi connectivity index (χ2n) is 7.62. The molecule has 0 aliphatic carbocycles. The van der Waals surface area contributed by atoms with Crippen molar-refractivity contribution >= 4 is 15.9 Å². The number of nitrogens with zero attached hydrogens (tertiary/aromatic N) is 1. The van der Waals surface area contributed by atoms with Crippen molar-refractivity contribution in [2.24, 2.45) is 5.92 Å². The van der Waals surface area contributed by atoms with Crippen LogP contribution in [-0.4, -0.2) is 52.5 Å². The first-order valence-corrected chi connectivity index (χ1v) is 11.9. The Labute approximate surface area is 184 Å². The Bertz CT molecular complexity index is 958. The first-order chi connectivity index (χ1) is 14.9. The minimum absolute atomic E-state index is 0.0793. The quantitative estimate of drug-likeness (QED) is 0.599. The number of benzene rings is 2. The van der Waals surface area contributed by atoms with Crippen molar-refractivity contribution in [3.63, 3.8) is 0 Å². The number of nitrogens with one attached hydrogen (secondary N) is 1. The summed E-state index contributed by atoms with van der Waals surface area (Å²) in [5.74, 6) is 1.01. The number of methoxy groups -OCH3 is 2. The average Bonchev–Trinajstić information content (AvgIpc) is 2.82. The zero-order valence-electron chi connectivity index (χ0n) is 18.0. The molecular formula is C23H30N2O5S. The lowest BCUT2D eigenvalue weighted by atomic mass is 9.99. The number of carbonyl (C=O) groups excluding carboxylic acids is 1. The van der Waals surface area contributed by atoms with Gasteiger partial charge in [0.1, 0.15) is 11.5 Å². The van der Waals surface area contributed by atoms with E-state index in [-0.39, 0.29) is 23.3 Å². The minimum Gasteiger partial charge on any atom is -0.497 e. The highest BCUT2D eigenvalue weighted by Gasteiger charge is 2.33. The number of sulfonamides is 1. The van der Waals surface area contributed by atoms with Gasteiger partial charge in [-0.05, 0) is 67.6 Å². The van der Waals surface area contributed by atoms with Gasteiger partial charge in [-0.25, -0.2) is 8.42 Å². The van der Waals surface area contributed by atoms with Crippen molar-refractivity contribution in [2.75, 3.05) is 33.9 Å². The Hall–Kier alpha value is -2.58. The summed E-state index contributed by atoms with van der Waals surface area (Å²) in [6, 6.07) is 14.2. The summed E-state index contributed by atoms with van der Waals surface area (Å²) in [6.45, 7) is 1.20. The molecule has 3 rings (SSSR count). The molecule has 1 fully saturated rings. The molecule has 7 nitrogen and oxygen atoms in total. The topological polar surface area (TPSA) is 84.9 Å². The van der Waals surface area contributed by atoms with E-state index >= 15 is 0 Å². The third-order valence-corrected chi connectivity index (χ3v) is 7.43. The molecule has 0 spiro atoms. The standard InChI is InChI=1S/C23H30N2O5S/c1-29-20-9-7-18(8-10-20)5-3-15-24-23(26)19-6-4-16-25(17-19)31(27,28)22-13-11-21(30-2)12-14-22/h7-14,19H,3-6,15-17H2,1-2H3,(H,24,26)/t19-/m1/s1. The normalized spacial score (nSPS) is 17.2. The molecule has 1 amide bonds. The van der Waals surface area contributed by atoms with Crippen LogP contribution in [0.2, 0.25) is 0 Å². The number of ether oxygens (including phenoxy) is 2. The maximum absolute atomic E-state index is 13.0. The first kappa shape index (κ1) is 23.1. The largest absolute Gasteiger partial charge is 0.497 e. The van der Waals surface area contributed by atoms with E-state index in [1.807, 2.05) is 24.3 Å². The Morgan fingerprint density at radius 2 is 1.65 bits per heavy atom. The molecule has 31 heavy (non-hydrogen) atoms. The number of rotatable bonds is 9. The van der Waals surface area contributed by atoms with E-state index < -0.39 is 10.0 Å². The molecule has 0 unspecified atom stereocenters. The fraction of sp³-hybridized carbons (Fsp3) is 0.435. The van der Waals surface area contributed by atoms with Crippen LogP contribution >= 0.6 is 0 Å². The molecule has 0 radical (unpaired) electrons. The zero-order valence-corrected chi connectivity index (χ0v) is 18.9. The van der Waals surface area contributed by atoms with E-state index in [1.54, 1.807) is 19.2 Å². The highest BCUT2D eigenvalue weighted by atomic mass is 32.2. The third-order valence-electron chi connectivity index (χ3n) is 5.55. The molecule has 1 heterocycles. The molecule has 2 aromatic carbocycles. The van der Waals surface area contributed by atoms with Gasteiger partial charge >= 0.3 is 0 Å². The van der Waals surface area contributed by atoms with Gasteiger partial charge in [0.25, 0.3) is 0 Å². The summed E-state index contributed by atoms with van der Waals surface area (Å²) >= 11 is 0. The van der Waals surface area contributed by atoms with Crippen molar-refractivity contribution < 1.29 is 22.7 Å². The molecule has 1 atom stereocenters. The van der Waals surface area contributed by atoms with E-state index in [4.69, 9.17) is 9.47 Å². The average molecular weight is 447 g/mol. The lowest BCUT2D eigenvalue weighted by Gasteiger charge is -2.31. The van der Waals surface area contributed by atoms with Crippen molar-refractivity contribution in [2.45, 2.75) is 30.6 Å². The number of hydrogen-bond acceptors (Lipinski definition) is 5. The van der Waals surface area contributed by atoms with Gasteiger partial charge in [0.2, 0.25) is 15.9 Å². The second-order valence-corrected chi connectivity index (χ2v) is 9.56. The van der Waals surface area contributed by atoms with Gasteiger partial charge in [0.15, 0.2) is 0 Å². The molecular weight excluding hydrogens is 416 g/mol. The molecule has 1 aliphatic heterocycles. The Kier molecular flexibility index (Phi) is 7.92. The van der Waals surface area contributed by atoms with Crippen LogP contribution in [0.5, 0.6) is 11.5 Å². The molecule has 1 saturated heterocycles. The molecule has 1 N–H and O–H groups in total. The summed E-state index contributed by atoms with van der Waals surface area (Å²) in [6.07, 6.45) is 3.03. The number of piperidine rings is 1. The zero-order chi connectivity index (χ0) is 22.3. The molecule has 0 aromatic heterocycles. The molecule has 2 aromatic rings. The first-order valence-electron chi connectivity index (χ1n) is 10.5. The Morgan fingerprint density at radius 1 is 1.03 bits per heavy atom. The Balaban J connectivity index is 1.50. The van der Waals surface area contributed by atoms with Gasteiger partial charge in [-0.3, -0.25) is 4.79 Å². The second kappa shape index (κ2) is 10.6. The lowest BCUT2D eigenvalue weighted by molar-refractivity contribution is -0.126. The van der Waals surface area contributed by atoms with Gasteiger partial charge in [0, 0.05) is 19.6 Å². The van der Waals surface area contributed by atoms with Crippen LogP contribution < -0.4 is 14.8 Å². The van der Waals surface area contributed by atoms with Crippen LogP contribution in [0.25, 0.3) is 0 Å². The van der Waals surface area contributed by atoms with Crippen molar-refractivity contribution in [1.82, 2.24) is 9.62 Å². The smallest absolute Gasteiger partial charge is 0.243 e. The van der Waals surface area contributed by atoms with Crippen molar-refractivity contribution in [3.05, 3.63) is 54.1 Å². The van der Waals surface area contributed by atoms with Crippen LogP contribution in [-0.2, 0) is 21.2 Å². The fourth-order valence-electron chi connectivity index (χ4n) is 3.71. The van der Waals surface area contributed by atoms with E-state index in [0.29, 0.717) is 31.7 Å².